The molecule has 5 heteroatoms. The Kier molecular flexibility index (Phi) is 7.64. The van der Waals surface area contributed by atoms with Gasteiger partial charge in [0.1, 0.15) is 11.9 Å². The highest BCUT2D eigenvalue weighted by molar-refractivity contribution is 5.59. The molecule has 0 aromatic heterocycles. The van der Waals surface area contributed by atoms with Crippen molar-refractivity contribution in [2.75, 3.05) is 31.6 Å². The summed E-state index contributed by atoms with van der Waals surface area (Å²) >= 11 is 0. The summed E-state index contributed by atoms with van der Waals surface area (Å²) in [7, 11) is 1.75. The number of ether oxygens (including phenoxy) is 1. The van der Waals surface area contributed by atoms with Gasteiger partial charge in [-0.3, -0.25) is 10.3 Å². The second-order valence-electron chi connectivity index (χ2n) is 8.13. The molecule has 0 aliphatic carbocycles. The van der Waals surface area contributed by atoms with E-state index >= 15 is 0 Å². The number of anilines is 1. The molecule has 1 saturated heterocycles. The third-order valence-corrected chi connectivity index (χ3v) is 5.97. The Morgan fingerprint density at radius 1 is 1.03 bits per heavy atom. The Labute approximate surface area is 185 Å². The van der Waals surface area contributed by atoms with Gasteiger partial charge in [-0.15, -0.1) is 0 Å². The van der Waals surface area contributed by atoms with Gasteiger partial charge in [-0.05, 0) is 42.7 Å². The second kappa shape index (κ2) is 11.0. The molecular weight excluding hydrogens is 386 g/mol. The number of piperazine rings is 1. The molecule has 0 bridgehead atoms. The first kappa shape index (κ1) is 21.5. The number of hydroxylamine groups is 1. The van der Waals surface area contributed by atoms with E-state index in [1.165, 1.54) is 17.7 Å². The molecule has 0 saturated carbocycles. The number of nitrogens with one attached hydrogen (secondary N) is 2. The largest absolute Gasteiger partial charge is 0.495 e. The molecule has 2 heterocycles. The number of nitrogens with zero attached hydrogens (tertiary/aromatic N) is 1. The van der Waals surface area contributed by atoms with Crippen molar-refractivity contribution in [3.63, 3.8) is 0 Å². The zero-order chi connectivity index (χ0) is 21.3. The van der Waals surface area contributed by atoms with Crippen LogP contribution >= 0.6 is 0 Å². The third kappa shape index (κ3) is 5.90. The van der Waals surface area contributed by atoms with Gasteiger partial charge in [0.05, 0.1) is 18.5 Å². The van der Waals surface area contributed by atoms with Gasteiger partial charge in [0.2, 0.25) is 0 Å². The van der Waals surface area contributed by atoms with Crippen LogP contribution in [0.15, 0.2) is 72.4 Å². The van der Waals surface area contributed by atoms with Crippen LogP contribution in [-0.2, 0) is 4.84 Å². The summed E-state index contributed by atoms with van der Waals surface area (Å²) in [5.74, 6) is 0.959. The van der Waals surface area contributed by atoms with Crippen molar-refractivity contribution in [3.8, 4) is 5.75 Å². The normalized spacial score (nSPS) is 21.2. The zero-order valence-electron chi connectivity index (χ0n) is 18.3. The zero-order valence-corrected chi connectivity index (χ0v) is 18.3. The first-order valence-corrected chi connectivity index (χ1v) is 11.3. The average molecular weight is 420 g/mol. The van der Waals surface area contributed by atoms with Crippen molar-refractivity contribution in [1.82, 2.24) is 10.8 Å². The highest BCUT2D eigenvalue weighted by atomic mass is 16.7. The molecule has 0 radical (unpaired) electrons. The third-order valence-electron chi connectivity index (χ3n) is 5.97. The molecule has 164 valence electrons. The summed E-state index contributed by atoms with van der Waals surface area (Å²) in [6.45, 7) is 3.05. The molecule has 2 aromatic carbocycles. The maximum Gasteiger partial charge on any atom is 0.142 e. The van der Waals surface area contributed by atoms with Crippen molar-refractivity contribution in [2.24, 2.45) is 0 Å². The molecule has 2 atom stereocenters. The van der Waals surface area contributed by atoms with E-state index in [9.17, 15) is 0 Å². The van der Waals surface area contributed by atoms with E-state index in [0.29, 0.717) is 6.04 Å². The van der Waals surface area contributed by atoms with E-state index in [2.05, 4.69) is 64.3 Å². The lowest BCUT2D eigenvalue weighted by molar-refractivity contribution is 0.0381. The minimum Gasteiger partial charge on any atom is -0.495 e. The molecule has 4 rings (SSSR count). The summed E-state index contributed by atoms with van der Waals surface area (Å²) < 4.78 is 5.60. The molecule has 0 spiro atoms. The van der Waals surface area contributed by atoms with Gasteiger partial charge in [0, 0.05) is 25.7 Å². The molecule has 2 aliphatic rings. The van der Waals surface area contributed by atoms with Gasteiger partial charge in [0.25, 0.3) is 0 Å². The Morgan fingerprint density at radius 2 is 1.84 bits per heavy atom. The summed E-state index contributed by atoms with van der Waals surface area (Å²) in [6, 6.07) is 19.2. The molecule has 2 aromatic rings. The summed E-state index contributed by atoms with van der Waals surface area (Å²) in [5.41, 5.74) is 6.48. The molecule has 5 nitrogen and oxygen atoms in total. The van der Waals surface area contributed by atoms with E-state index in [1.807, 2.05) is 24.3 Å². The Hall–Kier alpha value is -2.76. The van der Waals surface area contributed by atoms with Crippen LogP contribution in [0, 0.1) is 0 Å². The van der Waals surface area contributed by atoms with Crippen LogP contribution in [0.2, 0.25) is 0 Å². The van der Waals surface area contributed by atoms with Crippen molar-refractivity contribution in [2.45, 2.75) is 37.8 Å². The minimum atomic E-state index is 0.144. The number of allylic oxidation sites excluding steroid dienone is 1. The minimum absolute atomic E-state index is 0.144. The number of methoxy groups -OCH3 is 1. The Balaban J connectivity index is 1.24. The van der Waals surface area contributed by atoms with Crippen LogP contribution in [0.3, 0.4) is 0 Å². The van der Waals surface area contributed by atoms with E-state index in [0.717, 1.165) is 50.3 Å². The fourth-order valence-electron chi connectivity index (χ4n) is 4.32. The quantitative estimate of drug-likeness (QED) is 0.585. The van der Waals surface area contributed by atoms with E-state index in [4.69, 9.17) is 9.57 Å². The van der Waals surface area contributed by atoms with Gasteiger partial charge >= 0.3 is 0 Å². The van der Waals surface area contributed by atoms with Gasteiger partial charge in [-0.1, -0.05) is 61.4 Å². The van der Waals surface area contributed by atoms with E-state index < -0.39 is 0 Å². The lowest BCUT2D eigenvalue weighted by Crippen LogP contribution is -2.51. The van der Waals surface area contributed by atoms with Crippen LogP contribution in [0.4, 0.5) is 5.69 Å². The fourth-order valence-corrected chi connectivity index (χ4v) is 4.32. The van der Waals surface area contributed by atoms with E-state index in [-0.39, 0.29) is 6.10 Å². The first-order valence-electron chi connectivity index (χ1n) is 11.3. The lowest BCUT2D eigenvalue weighted by Gasteiger charge is -2.38. The fraction of sp³-hybridized carbons (Fsp3) is 0.385. The van der Waals surface area contributed by atoms with E-state index in [1.54, 1.807) is 7.11 Å². The van der Waals surface area contributed by atoms with Gasteiger partial charge < -0.3 is 15.0 Å². The van der Waals surface area contributed by atoms with Gasteiger partial charge in [-0.25, -0.2) is 0 Å². The number of para-hydroxylation sites is 2. The average Bonchev–Trinajstić information content (AvgIpc) is 3.29. The number of unbranched alkanes of at least 4 members (excludes halogenated alkanes) is 1. The van der Waals surface area contributed by atoms with Crippen molar-refractivity contribution in [3.05, 3.63) is 78.0 Å². The number of hydrogen-bond acceptors (Lipinski definition) is 5. The second-order valence-corrected chi connectivity index (χ2v) is 8.13. The first-order chi connectivity index (χ1) is 15.3. The smallest absolute Gasteiger partial charge is 0.142 e. The monoisotopic (exact) mass is 419 g/mol. The maximum atomic E-state index is 5.73. The predicted octanol–water partition coefficient (Wildman–Crippen LogP) is 4.53. The van der Waals surface area contributed by atoms with Crippen LogP contribution in [-0.4, -0.2) is 38.9 Å². The molecule has 1 fully saturated rings. The number of hydrogen-bond donors (Lipinski definition) is 2. The molecule has 2 N–H and O–H groups in total. The molecule has 2 aliphatic heterocycles. The van der Waals surface area contributed by atoms with Crippen molar-refractivity contribution >= 4 is 11.8 Å². The van der Waals surface area contributed by atoms with Gasteiger partial charge in [-0.2, -0.15) is 0 Å². The number of rotatable bonds is 9. The molecule has 0 amide bonds. The molecular formula is C26H33N3O2. The summed E-state index contributed by atoms with van der Waals surface area (Å²) in [6.07, 6.45) is 11.0. The highest BCUT2D eigenvalue weighted by Crippen LogP contribution is 2.31. The summed E-state index contributed by atoms with van der Waals surface area (Å²) in [4.78, 5) is 8.24. The molecule has 2 unspecified atom stereocenters. The molecule has 31 heavy (non-hydrogen) atoms. The Bertz CT molecular complexity index is 881. The lowest BCUT2D eigenvalue weighted by atomic mass is 10.0. The van der Waals surface area contributed by atoms with Crippen molar-refractivity contribution in [1.29, 1.82) is 0 Å². The summed E-state index contributed by atoms with van der Waals surface area (Å²) in [5, 5.41) is 3.55. The highest BCUT2D eigenvalue weighted by Gasteiger charge is 2.24. The van der Waals surface area contributed by atoms with Crippen LogP contribution in [0.5, 0.6) is 5.75 Å². The van der Waals surface area contributed by atoms with Crippen LogP contribution < -0.4 is 20.4 Å². The predicted molar refractivity (Wildman–Crippen MR) is 127 cm³/mol. The standard InChI is InChI=1S/C26H33N3O2/c1-30-26-14-8-7-13-25(26)29-18-17-27-20-23(29)11-5-6-12-24-19-22(28-31-24)16-15-21-9-3-2-4-10-21/h2-4,7-10,13-16,19,23-24,27-28H,5-6,11-12,17-18,20H2,1H3. The SMILES string of the molecule is COc1ccccc1N1CCNCC1CCCCC1C=C(C=Cc2ccccc2)NO1. The topological polar surface area (TPSA) is 45.8 Å². The van der Waals surface area contributed by atoms with Gasteiger partial charge in [0.15, 0.2) is 0 Å². The van der Waals surface area contributed by atoms with Crippen molar-refractivity contribution < 1.29 is 9.57 Å². The van der Waals surface area contributed by atoms with Crippen LogP contribution in [0.25, 0.3) is 6.08 Å². The number of benzene rings is 2. The maximum absolute atomic E-state index is 5.73. The Morgan fingerprint density at radius 3 is 2.71 bits per heavy atom. The van der Waals surface area contributed by atoms with Crippen LogP contribution in [0.1, 0.15) is 31.2 Å².